The molecule has 1 N–H and O–H groups in total. The smallest absolute Gasteiger partial charge is 0.223 e. The highest BCUT2D eigenvalue weighted by molar-refractivity contribution is 6.31. The molecule has 0 unspecified atom stereocenters. The first-order valence-corrected chi connectivity index (χ1v) is 8.70. The molecule has 25 heavy (non-hydrogen) atoms. The minimum Gasteiger partial charge on any atom is -0.356 e. The Hall–Kier alpha value is -2.33. The number of amides is 2. The third-order valence-electron chi connectivity index (χ3n) is 3.99. The number of anilines is 1. The summed E-state index contributed by atoms with van der Waals surface area (Å²) in [6, 6.07) is 15.5. The summed E-state index contributed by atoms with van der Waals surface area (Å²) in [5.41, 5.74) is 2.84. The molecule has 5 heteroatoms. The lowest BCUT2D eigenvalue weighted by Crippen LogP contribution is -2.34. The minimum absolute atomic E-state index is 0.0691. The molecule has 4 nitrogen and oxygen atoms in total. The van der Waals surface area contributed by atoms with Gasteiger partial charge < -0.3 is 10.2 Å². The van der Waals surface area contributed by atoms with Crippen LogP contribution >= 0.6 is 11.6 Å². The SMILES string of the molecule is CC(=O)N(CCC(=O)NCCc1ccccc1)c1ccc(C)c(Cl)c1. The second-order valence-corrected chi connectivity index (χ2v) is 6.35. The summed E-state index contributed by atoms with van der Waals surface area (Å²) in [5, 5.41) is 3.50. The highest BCUT2D eigenvalue weighted by atomic mass is 35.5. The number of benzene rings is 2. The lowest BCUT2D eigenvalue weighted by atomic mass is 10.1. The van der Waals surface area contributed by atoms with Crippen LogP contribution in [-0.2, 0) is 16.0 Å². The molecule has 0 aliphatic rings. The summed E-state index contributed by atoms with van der Waals surface area (Å²) >= 11 is 6.13. The van der Waals surface area contributed by atoms with Gasteiger partial charge in [0, 0.05) is 37.1 Å². The molecular weight excluding hydrogens is 336 g/mol. The van der Waals surface area contributed by atoms with Crippen molar-refractivity contribution in [1.29, 1.82) is 0 Å². The second kappa shape index (κ2) is 9.23. The van der Waals surface area contributed by atoms with Gasteiger partial charge in [0.2, 0.25) is 11.8 Å². The fourth-order valence-corrected chi connectivity index (χ4v) is 2.69. The normalized spacial score (nSPS) is 10.4. The molecule has 0 saturated heterocycles. The predicted octanol–water partition coefficient (Wildman–Crippen LogP) is 3.75. The van der Waals surface area contributed by atoms with Gasteiger partial charge in [-0.05, 0) is 36.6 Å². The number of halogens is 1. The van der Waals surface area contributed by atoms with Gasteiger partial charge in [-0.25, -0.2) is 0 Å². The van der Waals surface area contributed by atoms with E-state index < -0.39 is 0 Å². The van der Waals surface area contributed by atoms with Crippen molar-refractivity contribution < 1.29 is 9.59 Å². The molecule has 2 amide bonds. The van der Waals surface area contributed by atoms with Crippen LogP contribution in [-0.4, -0.2) is 24.9 Å². The third kappa shape index (κ3) is 5.91. The molecule has 0 radical (unpaired) electrons. The van der Waals surface area contributed by atoms with Gasteiger partial charge in [0.15, 0.2) is 0 Å². The third-order valence-corrected chi connectivity index (χ3v) is 4.40. The van der Waals surface area contributed by atoms with E-state index in [1.54, 1.807) is 11.0 Å². The van der Waals surface area contributed by atoms with Crippen LogP contribution in [0.1, 0.15) is 24.5 Å². The van der Waals surface area contributed by atoms with Crippen molar-refractivity contribution in [1.82, 2.24) is 5.32 Å². The Bertz CT molecular complexity index is 732. The topological polar surface area (TPSA) is 49.4 Å². The zero-order valence-electron chi connectivity index (χ0n) is 14.6. The monoisotopic (exact) mass is 358 g/mol. The van der Waals surface area contributed by atoms with E-state index in [0.29, 0.717) is 23.8 Å². The average molecular weight is 359 g/mol. The maximum absolute atomic E-state index is 12.0. The van der Waals surface area contributed by atoms with Gasteiger partial charge >= 0.3 is 0 Å². The molecule has 0 atom stereocenters. The molecule has 2 aromatic rings. The number of rotatable bonds is 7. The molecule has 2 aromatic carbocycles. The largest absolute Gasteiger partial charge is 0.356 e. The Labute approximate surface area is 153 Å². The van der Waals surface area contributed by atoms with Gasteiger partial charge in [-0.1, -0.05) is 48.0 Å². The summed E-state index contributed by atoms with van der Waals surface area (Å²) in [6.07, 6.45) is 1.04. The molecule has 0 saturated carbocycles. The summed E-state index contributed by atoms with van der Waals surface area (Å²) in [6.45, 7) is 4.30. The van der Waals surface area contributed by atoms with Crippen molar-refractivity contribution in [3.05, 3.63) is 64.7 Å². The first-order valence-electron chi connectivity index (χ1n) is 8.32. The number of nitrogens with zero attached hydrogens (tertiary/aromatic N) is 1. The van der Waals surface area contributed by atoms with Crippen LogP contribution in [0.4, 0.5) is 5.69 Å². The fourth-order valence-electron chi connectivity index (χ4n) is 2.51. The predicted molar refractivity (Wildman–Crippen MR) is 102 cm³/mol. The summed E-state index contributed by atoms with van der Waals surface area (Å²) < 4.78 is 0. The standard InChI is InChI=1S/C20H23ClN2O2/c1-15-8-9-18(14-19(15)21)23(16(2)24)13-11-20(25)22-12-10-17-6-4-3-5-7-17/h3-9,14H,10-13H2,1-2H3,(H,22,25). The van der Waals surface area contributed by atoms with Gasteiger partial charge in [-0.3, -0.25) is 9.59 Å². The highest BCUT2D eigenvalue weighted by Crippen LogP contribution is 2.23. The van der Waals surface area contributed by atoms with Crippen molar-refractivity contribution in [3.8, 4) is 0 Å². The fraction of sp³-hybridized carbons (Fsp3) is 0.300. The van der Waals surface area contributed by atoms with Gasteiger partial charge in [0.05, 0.1) is 0 Å². The quantitative estimate of drug-likeness (QED) is 0.819. The van der Waals surface area contributed by atoms with E-state index in [1.165, 1.54) is 12.5 Å². The Morgan fingerprint density at radius 2 is 1.84 bits per heavy atom. The molecule has 0 aromatic heterocycles. The van der Waals surface area contributed by atoms with E-state index in [-0.39, 0.29) is 18.2 Å². The van der Waals surface area contributed by atoms with E-state index in [4.69, 9.17) is 11.6 Å². The lowest BCUT2D eigenvalue weighted by Gasteiger charge is -2.21. The summed E-state index contributed by atoms with van der Waals surface area (Å²) in [4.78, 5) is 25.5. The Morgan fingerprint density at radius 1 is 1.12 bits per heavy atom. The van der Waals surface area contributed by atoms with Gasteiger partial charge in [-0.2, -0.15) is 0 Å². The summed E-state index contributed by atoms with van der Waals surface area (Å²) in [5.74, 6) is -0.183. The van der Waals surface area contributed by atoms with Crippen LogP contribution in [0.3, 0.4) is 0 Å². The molecule has 132 valence electrons. The first kappa shape index (κ1) is 19.0. The number of hydrogen-bond acceptors (Lipinski definition) is 2. The van der Waals surface area contributed by atoms with Crippen LogP contribution in [0, 0.1) is 6.92 Å². The Morgan fingerprint density at radius 3 is 2.48 bits per heavy atom. The molecule has 0 fully saturated rings. The molecule has 0 aliphatic heterocycles. The van der Waals surface area contributed by atoms with Gasteiger partial charge in [0.25, 0.3) is 0 Å². The Kier molecular flexibility index (Phi) is 7.02. The molecule has 2 rings (SSSR count). The first-order chi connectivity index (χ1) is 12.0. The van der Waals surface area contributed by atoms with E-state index >= 15 is 0 Å². The van der Waals surface area contributed by atoms with Crippen LogP contribution < -0.4 is 10.2 Å². The van der Waals surface area contributed by atoms with E-state index in [9.17, 15) is 9.59 Å². The zero-order chi connectivity index (χ0) is 18.2. The van der Waals surface area contributed by atoms with Crippen LogP contribution in [0.5, 0.6) is 0 Å². The zero-order valence-corrected chi connectivity index (χ0v) is 15.3. The van der Waals surface area contributed by atoms with Crippen molar-refractivity contribution in [2.75, 3.05) is 18.0 Å². The van der Waals surface area contributed by atoms with E-state index in [2.05, 4.69) is 5.32 Å². The van der Waals surface area contributed by atoms with Crippen LogP contribution in [0.25, 0.3) is 0 Å². The Balaban J connectivity index is 1.84. The van der Waals surface area contributed by atoms with Gasteiger partial charge in [-0.15, -0.1) is 0 Å². The molecule has 0 heterocycles. The van der Waals surface area contributed by atoms with Crippen molar-refractivity contribution in [2.45, 2.75) is 26.7 Å². The van der Waals surface area contributed by atoms with E-state index in [0.717, 1.165) is 12.0 Å². The number of nitrogens with one attached hydrogen (secondary N) is 1. The number of aryl methyl sites for hydroxylation is 1. The van der Waals surface area contributed by atoms with Crippen molar-refractivity contribution >= 4 is 29.1 Å². The molecule has 0 spiro atoms. The van der Waals surface area contributed by atoms with Gasteiger partial charge in [0.1, 0.15) is 0 Å². The number of carbonyl (C=O) groups excluding carboxylic acids is 2. The molecule has 0 aliphatic carbocycles. The minimum atomic E-state index is -0.114. The van der Waals surface area contributed by atoms with Crippen LogP contribution in [0.2, 0.25) is 5.02 Å². The average Bonchev–Trinajstić information content (AvgIpc) is 2.59. The van der Waals surface area contributed by atoms with Crippen LogP contribution in [0.15, 0.2) is 48.5 Å². The van der Waals surface area contributed by atoms with Crippen molar-refractivity contribution in [3.63, 3.8) is 0 Å². The lowest BCUT2D eigenvalue weighted by molar-refractivity contribution is -0.121. The maximum Gasteiger partial charge on any atom is 0.223 e. The maximum atomic E-state index is 12.0. The molecule has 0 bridgehead atoms. The number of hydrogen-bond donors (Lipinski definition) is 1. The highest BCUT2D eigenvalue weighted by Gasteiger charge is 2.14. The second-order valence-electron chi connectivity index (χ2n) is 5.94. The number of carbonyl (C=O) groups is 2. The summed E-state index contributed by atoms with van der Waals surface area (Å²) in [7, 11) is 0. The van der Waals surface area contributed by atoms with E-state index in [1.807, 2.05) is 49.4 Å². The van der Waals surface area contributed by atoms with Crippen molar-refractivity contribution in [2.24, 2.45) is 0 Å². The molecular formula is C20H23ClN2O2.